The topological polar surface area (TPSA) is 276 Å². The van der Waals surface area contributed by atoms with Gasteiger partial charge in [-0.3, -0.25) is 0 Å². The van der Waals surface area contributed by atoms with Crippen LogP contribution in [0.1, 0.15) is 72.6 Å². The van der Waals surface area contributed by atoms with E-state index in [0.717, 1.165) is 31.3 Å². The van der Waals surface area contributed by atoms with Crippen LogP contribution >= 0.6 is 0 Å². The highest BCUT2D eigenvalue weighted by Crippen LogP contribution is 2.71. The summed E-state index contributed by atoms with van der Waals surface area (Å²) in [6.07, 6.45) is -14.7. The number of fused-ring (bicyclic) bond motifs is 7. The first kappa shape index (κ1) is 45.9. The van der Waals surface area contributed by atoms with Crippen LogP contribution in [0.4, 0.5) is 0 Å². The first-order chi connectivity index (χ1) is 29.3. The largest absolute Gasteiger partial charge is 0.394 e. The Hall–Kier alpha value is -1.24. The smallest absolute Gasteiger partial charge is 0.187 e. The van der Waals surface area contributed by atoms with E-state index in [1.54, 1.807) is 0 Å². The van der Waals surface area contributed by atoms with Crippen LogP contribution < -0.4 is 0 Å². The molecule has 0 amide bonds. The third-order valence-corrected chi connectivity index (χ3v) is 17.2. The normalized spacial score (nSPS) is 57.7. The Morgan fingerprint density at radius 1 is 0.806 bits per heavy atom. The van der Waals surface area contributed by atoms with Crippen LogP contribution in [0.2, 0.25) is 0 Å². The van der Waals surface area contributed by atoms with Crippen LogP contribution in [0.5, 0.6) is 0 Å². The molecule has 26 atom stereocenters. The number of hydrogen-bond donors (Lipinski definition) is 10. The first-order valence-corrected chi connectivity index (χ1v) is 22.6. The molecule has 1 spiro atoms. The molecule has 62 heavy (non-hydrogen) atoms. The molecule has 9 aliphatic rings. The maximum atomic E-state index is 11.3. The van der Waals surface area contributed by atoms with Gasteiger partial charge >= 0.3 is 0 Å². The van der Waals surface area contributed by atoms with E-state index in [1.165, 1.54) is 6.92 Å². The third kappa shape index (κ3) is 7.22. The summed E-state index contributed by atoms with van der Waals surface area (Å²) in [4.78, 5) is 0. The van der Waals surface area contributed by atoms with Gasteiger partial charge in [0.25, 0.3) is 0 Å². The quantitative estimate of drug-likeness (QED) is 0.133. The van der Waals surface area contributed by atoms with E-state index < -0.39 is 122 Å². The van der Waals surface area contributed by atoms with Crippen molar-refractivity contribution in [1.29, 1.82) is 0 Å². The van der Waals surface area contributed by atoms with Gasteiger partial charge in [-0.2, -0.15) is 0 Å². The molecule has 4 aliphatic carbocycles. The molecule has 10 N–H and O–H groups in total. The molecule has 0 unspecified atom stereocenters. The number of aliphatic hydroxyl groups is 10. The van der Waals surface area contributed by atoms with Crippen LogP contribution in [-0.2, 0) is 37.9 Å². The number of rotatable bonds is 7. The summed E-state index contributed by atoms with van der Waals surface area (Å²) < 4.78 is 50.1. The fourth-order valence-corrected chi connectivity index (χ4v) is 13.7. The summed E-state index contributed by atoms with van der Waals surface area (Å²) in [5, 5.41) is 106. The molecule has 5 heterocycles. The van der Waals surface area contributed by atoms with E-state index in [1.807, 2.05) is 0 Å². The molecule has 5 saturated heterocycles. The second-order valence-electron chi connectivity index (χ2n) is 20.4. The summed E-state index contributed by atoms with van der Waals surface area (Å²) >= 11 is 0. The Morgan fingerprint density at radius 2 is 1.52 bits per heavy atom. The van der Waals surface area contributed by atoms with Gasteiger partial charge in [-0.25, -0.2) is 0 Å². The van der Waals surface area contributed by atoms with Crippen molar-refractivity contribution in [3.63, 3.8) is 0 Å². The fourth-order valence-electron chi connectivity index (χ4n) is 13.7. The molecular weight excluding hydrogens is 816 g/mol. The van der Waals surface area contributed by atoms with Gasteiger partial charge in [-0.1, -0.05) is 39.0 Å². The number of aliphatic hydroxyl groups excluding tert-OH is 10. The summed E-state index contributed by atoms with van der Waals surface area (Å²) in [7, 11) is 0. The van der Waals surface area contributed by atoms with Crippen molar-refractivity contribution in [3.05, 3.63) is 23.8 Å². The van der Waals surface area contributed by atoms with E-state index >= 15 is 0 Å². The minimum absolute atomic E-state index is 0.0552. The SMILES string of the molecule is C=C1CO[C@]2(C[C@@H]1O[C@@H]1O[C@H](CO)[C@@H](O)[C@H](O)[C@H]1O)O[C@H]1C[C@H]3[C@@H]4CC=C5C[C@@H](O)C[C@@H](O[C@@H]6OC[C@H](O)[C@H](O)[C@H]6O[C@@H]6O[C@@H](C)[C@H](O)[C@@H](O)[C@H]6O)[C@]5(C)[C@H]4CC[C@]3(C)[C@H]1[C@@H]2C. The molecule has 0 aromatic rings. The first-order valence-electron chi connectivity index (χ1n) is 22.6. The molecule has 0 radical (unpaired) electrons. The summed E-state index contributed by atoms with van der Waals surface area (Å²) in [6, 6.07) is 0. The minimum Gasteiger partial charge on any atom is -0.394 e. The van der Waals surface area contributed by atoms with Crippen molar-refractivity contribution in [2.45, 2.75) is 189 Å². The Bertz CT molecular complexity index is 1680. The van der Waals surface area contributed by atoms with Gasteiger partial charge in [-0.15, -0.1) is 0 Å². The molecule has 18 nitrogen and oxygen atoms in total. The van der Waals surface area contributed by atoms with E-state index in [-0.39, 0.29) is 67.2 Å². The third-order valence-electron chi connectivity index (χ3n) is 17.2. The van der Waals surface area contributed by atoms with E-state index in [0.29, 0.717) is 12.0 Å². The Balaban J connectivity index is 0.922. The summed E-state index contributed by atoms with van der Waals surface area (Å²) in [6.45, 7) is 11.8. The lowest BCUT2D eigenvalue weighted by molar-refractivity contribution is -0.362. The monoisotopic (exact) mass is 884 g/mol. The molecule has 5 aliphatic heterocycles. The highest BCUT2D eigenvalue weighted by Gasteiger charge is 2.70. The average Bonchev–Trinajstić information content (AvgIpc) is 3.69. The van der Waals surface area contributed by atoms with Crippen molar-refractivity contribution in [3.8, 4) is 0 Å². The average molecular weight is 885 g/mol. The second kappa shape index (κ2) is 16.8. The summed E-state index contributed by atoms with van der Waals surface area (Å²) in [5.41, 5.74) is 1.07. The number of allylic oxidation sites excluding steroid dienone is 1. The van der Waals surface area contributed by atoms with Crippen LogP contribution in [0, 0.1) is 40.4 Å². The van der Waals surface area contributed by atoms with Gasteiger partial charge < -0.3 is 89.0 Å². The van der Waals surface area contributed by atoms with Gasteiger partial charge in [0.15, 0.2) is 24.7 Å². The van der Waals surface area contributed by atoms with Crippen molar-refractivity contribution >= 4 is 0 Å². The van der Waals surface area contributed by atoms with Crippen molar-refractivity contribution in [2.75, 3.05) is 19.8 Å². The Labute approximate surface area is 361 Å². The lowest BCUT2D eigenvalue weighted by Gasteiger charge is -2.60. The van der Waals surface area contributed by atoms with E-state index in [4.69, 9.17) is 37.9 Å². The Morgan fingerprint density at radius 3 is 2.24 bits per heavy atom. The van der Waals surface area contributed by atoms with Crippen LogP contribution in [0.3, 0.4) is 0 Å². The van der Waals surface area contributed by atoms with Crippen molar-refractivity contribution in [2.24, 2.45) is 40.4 Å². The zero-order valence-corrected chi connectivity index (χ0v) is 35.9. The highest BCUT2D eigenvalue weighted by molar-refractivity contribution is 5.29. The van der Waals surface area contributed by atoms with Crippen LogP contribution in [0.15, 0.2) is 23.8 Å². The molecule has 9 rings (SSSR count). The van der Waals surface area contributed by atoms with Gasteiger partial charge in [0.1, 0.15) is 61.0 Å². The van der Waals surface area contributed by atoms with Gasteiger partial charge in [0, 0.05) is 24.2 Å². The molecule has 0 bridgehead atoms. The number of hydrogen-bond acceptors (Lipinski definition) is 18. The zero-order valence-electron chi connectivity index (χ0n) is 35.9. The zero-order chi connectivity index (χ0) is 44.4. The lowest BCUT2D eigenvalue weighted by Crippen LogP contribution is -2.63. The number of ether oxygens (including phenoxy) is 8. The van der Waals surface area contributed by atoms with E-state index in [2.05, 4.69) is 33.4 Å². The minimum atomic E-state index is -1.66. The fraction of sp³-hybridized carbons (Fsp3) is 0.909. The second-order valence-corrected chi connectivity index (χ2v) is 20.4. The molecular formula is C44H68O18. The van der Waals surface area contributed by atoms with Gasteiger partial charge in [-0.05, 0) is 73.7 Å². The van der Waals surface area contributed by atoms with Crippen molar-refractivity contribution in [1.82, 2.24) is 0 Å². The maximum Gasteiger partial charge on any atom is 0.187 e. The predicted molar refractivity (Wildman–Crippen MR) is 211 cm³/mol. The molecule has 3 saturated carbocycles. The lowest BCUT2D eigenvalue weighted by atomic mass is 9.46. The molecule has 0 aromatic carbocycles. The molecule has 0 aromatic heterocycles. The van der Waals surface area contributed by atoms with Crippen molar-refractivity contribution < 1.29 is 89.0 Å². The molecule has 18 heteroatoms. The summed E-state index contributed by atoms with van der Waals surface area (Å²) in [5.74, 6) is -0.220. The highest BCUT2D eigenvalue weighted by atomic mass is 16.8. The molecule has 8 fully saturated rings. The Kier molecular flexibility index (Phi) is 12.5. The standard InChI is InChI=1S/C44H68O18/c1-17-15-56-44(13-27(17)58-40-37(54)35(52)33(50)28(14-45)59-40)18(2)30-26(62-44)12-24-22-7-6-20-10-21(46)11-29(43(20,5)23(22)8-9-42(24,30)4)60-41-38(32(49)25(47)16-55-41)61-39-36(53)34(51)31(48)19(3)57-39/h6,18-19,21-41,45-54H,1,7-16H2,2-5H3/t18-,19-,21+,22+,23-,24-,25-,26-,27-,28+,29+,30-,31-,32-,33+,34+,35-,36+,37+,38+,39-,40+,41-,42-,43-,44+/m0/s1. The van der Waals surface area contributed by atoms with Crippen LogP contribution in [-0.4, -0.2) is 187 Å². The van der Waals surface area contributed by atoms with Gasteiger partial charge in [0.2, 0.25) is 0 Å². The predicted octanol–water partition coefficient (Wildman–Crippen LogP) is -1.29. The van der Waals surface area contributed by atoms with Gasteiger partial charge in [0.05, 0.1) is 50.3 Å². The molecule has 352 valence electrons. The van der Waals surface area contributed by atoms with Crippen LogP contribution in [0.25, 0.3) is 0 Å². The maximum absolute atomic E-state index is 11.3. The van der Waals surface area contributed by atoms with E-state index in [9.17, 15) is 51.1 Å².